The van der Waals surface area contributed by atoms with E-state index < -0.39 is 18.2 Å². The van der Waals surface area contributed by atoms with Gasteiger partial charge in [-0.25, -0.2) is 0 Å². The molecule has 3 nitrogen and oxygen atoms in total. The molecule has 19 heavy (non-hydrogen) atoms. The van der Waals surface area contributed by atoms with E-state index >= 15 is 0 Å². The summed E-state index contributed by atoms with van der Waals surface area (Å²) in [6.45, 7) is 7.40. The molecule has 0 atom stereocenters. The Balaban J connectivity index is 3.57. The minimum atomic E-state index is -3.26. The third-order valence-corrected chi connectivity index (χ3v) is 7.51. The van der Waals surface area contributed by atoms with E-state index in [1.807, 2.05) is 0 Å². The van der Waals surface area contributed by atoms with Crippen LogP contribution in [-0.2, 0) is 14.3 Å². The lowest BCUT2D eigenvalue weighted by Gasteiger charge is -2.22. The van der Waals surface area contributed by atoms with Gasteiger partial charge in [0, 0.05) is 8.07 Å². The number of unbranched alkanes of at least 4 members (excludes halogenated alkanes) is 5. The topological polar surface area (TPSA) is 43.4 Å². The maximum Gasteiger partial charge on any atom is 0.264 e. The predicted octanol–water partition coefficient (Wildman–Crippen LogP) is 4.42. The fraction of sp³-hybridized carbons (Fsp3) is 1.00. The SMILES string of the molecule is CCCCCCCC[Si](C)(C)CCCOS(C)(=O)=O. The van der Waals surface area contributed by atoms with Crippen LogP contribution in [0.4, 0.5) is 0 Å². The summed E-state index contributed by atoms with van der Waals surface area (Å²) in [5.41, 5.74) is 0. The van der Waals surface area contributed by atoms with Crippen LogP contribution in [0.25, 0.3) is 0 Å². The molecule has 0 fully saturated rings. The fourth-order valence-electron chi connectivity index (χ4n) is 2.27. The first-order valence-corrected chi connectivity index (χ1v) is 12.8. The van der Waals surface area contributed by atoms with Gasteiger partial charge in [-0.15, -0.1) is 0 Å². The van der Waals surface area contributed by atoms with Gasteiger partial charge in [0.1, 0.15) is 0 Å². The van der Waals surface area contributed by atoms with Gasteiger partial charge in [-0.05, 0) is 6.42 Å². The largest absolute Gasteiger partial charge is 0.270 e. The van der Waals surface area contributed by atoms with E-state index in [0.717, 1.165) is 18.7 Å². The third-order valence-electron chi connectivity index (χ3n) is 3.50. The van der Waals surface area contributed by atoms with Crippen LogP contribution in [0.3, 0.4) is 0 Å². The van der Waals surface area contributed by atoms with Crippen molar-refractivity contribution in [1.82, 2.24) is 0 Å². The van der Waals surface area contributed by atoms with Gasteiger partial charge in [-0.2, -0.15) is 8.42 Å². The van der Waals surface area contributed by atoms with Gasteiger partial charge >= 0.3 is 0 Å². The first-order chi connectivity index (χ1) is 8.77. The Morgan fingerprint density at radius 1 is 0.895 bits per heavy atom. The normalized spacial score (nSPS) is 12.8. The summed E-state index contributed by atoms with van der Waals surface area (Å²) < 4.78 is 26.5. The molecule has 0 saturated heterocycles. The molecular formula is C14H32O3SSi. The summed E-state index contributed by atoms with van der Waals surface area (Å²) in [6.07, 6.45) is 10.1. The number of hydrogen-bond donors (Lipinski definition) is 0. The summed E-state index contributed by atoms with van der Waals surface area (Å²) in [5.74, 6) is 0. The maximum atomic E-state index is 10.8. The molecule has 0 aromatic heterocycles. The molecule has 0 aliphatic rings. The molecule has 0 radical (unpaired) electrons. The third kappa shape index (κ3) is 14.3. The summed E-state index contributed by atoms with van der Waals surface area (Å²) in [6, 6.07) is 2.52. The molecule has 0 bridgehead atoms. The first-order valence-electron chi connectivity index (χ1n) is 7.61. The highest BCUT2D eigenvalue weighted by molar-refractivity contribution is 7.85. The average molecular weight is 309 g/mol. The molecule has 116 valence electrons. The molecule has 0 heterocycles. The van der Waals surface area contributed by atoms with Gasteiger partial charge in [0.05, 0.1) is 12.9 Å². The van der Waals surface area contributed by atoms with Gasteiger partial charge in [-0.3, -0.25) is 4.18 Å². The molecule has 0 unspecified atom stereocenters. The summed E-state index contributed by atoms with van der Waals surface area (Å²) in [5, 5.41) is 0. The van der Waals surface area contributed by atoms with Crippen LogP contribution >= 0.6 is 0 Å². The van der Waals surface area contributed by atoms with Crippen molar-refractivity contribution in [3.63, 3.8) is 0 Å². The van der Waals surface area contributed by atoms with Gasteiger partial charge in [0.25, 0.3) is 10.1 Å². The lowest BCUT2D eigenvalue weighted by molar-refractivity contribution is 0.321. The summed E-state index contributed by atoms with van der Waals surface area (Å²) in [4.78, 5) is 0. The molecule has 0 rings (SSSR count). The zero-order chi connectivity index (χ0) is 14.8. The second-order valence-electron chi connectivity index (χ2n) is 6.31. The van der Waals surface area contributed by atoms with Crippen molar-refractivity contribution >= 4 is 18.2 Å². The van der Waals surface area contributed by atoms with Crippen molar-refractivity contribution in [3.8, 4) is 0 Å². The second kappa shape index (κ2) is 9.94. The van der Waals surface area contributed by atoms with Gasteiger partial charge < -0.3 is 0 Å². The van der Waals surface area contributed by atoms with Gasteiger partial charge in [0.15, 0.2) is 0 Å². The smallest absolute Gasteiger partial charge is 0.264 e. The minimum absolute atomic E-state index is 0.353. The van der Waals surface area contributed by atoms with E-state index in [1.54, 1.807) is 0 Å². The summed E-state index contributed by atoms with van der Waals surface area (Å²) in [7, 11) is -4.40. The Labute approximate surface area is 121 Å². The Hall–Kier alpha value is 0.127. The van der Waals surface area contributed by atoms with E-state index in [9.17, 15) is 8.42 Å². The number of hydrogen-bond acceptors (Lipinski definition) is 3. The Morgan fingerprint density at radius 2 is 1.42 bits per heavy atom. The van der Waals surface area contributed by atoms with Crippen LogP contribution in [0, 0.1) is 0 Å². The second-order valence-corrected chi connectivity index (χ2v) is 13.3. The lowest BCUT2D eigenvalue weighted by atomic mass is 10.1. The average Bonchev–Trinajstić information content (AvgIpc) is 2.28. The van der Waals surface area contributed by atoms with Crippen LogP contribution in [0.2, 0.25) is 25.2 Å². The van der Waals surface area contributed by atoms with Crippen LogP contribution in [-0.4, -0.2) is 29.4 Å². The Morgan fingerprint density at radius 3 is 2.00 bits per heavy atom. The Kier molecular flexibility index (Phi) is 10.0. The first kappa shape index (κ1) is 19.1. The standard InChI is InChI=1S/C14H32O3SSi/c1-5-6-7-8-9-10-13-19(3,4)14-11-12-17-18(2,15)16/h5-14H2,1-4H3. The molecule has 0 aromatic rings. The van der Waals surface area contributed by atoms with E-state index in [2.05, 4.69) is 20.0 Å². The van der Waals surface area contributed by atoms with Crippen molar-refractivity contribution < 1.29 is 12.6 Å². The van der Waals surface area contributed by atoms with Crippen LogP contribution < -0.4 is 0 Å². The molecule has 0 N–H and O–H groups in total. The fourth-order valence-corrected chi connectivity index (χ4v) is 5.25. The van der Waals surface area contributed by atoms with Gasteiger partial charge in [0.2, 0.25) is 0 Å². The molecule has 0 aromatic carbocycles. The van der Waals surface area contributed by atoms with Crippen LogP contribution in [0.1, 0.15) is 51.9 Å². The van der Waals surface area contributed by atoms with Crippen molar-refractivity contribution in [2.24, 2.45) is 0 Å². The molecule has 0 saturated carbocycles. The Bertz CT molecular complexity index is 313. The van der Waals surface area contributed by atoms with Crippen molar-refractivity contribution in [2.75, 3.05) is 12.9 Å². The van der Waals surface area contributed by atoms with Crippen molar-refractivity contribution in [1.29, 1.82) is 0 Å². The highest BCUT2D eigenvalue weighted by Crippen LogP contribution is 2.21. The zero-order valence-electron chi connectivity index (χ0n) is 13.2. The zero-order valence-corrected chi connectivity index (χ0v) is 15.0. The molecule has 0 spiro atoms. The predicted molar refractivity (Wildman–Crippen MR) is 85.9 cm³/mol. The lowest BCUT2D eigenvalue weighted by Crippen LogP contribution is -2.25. The van der Waals surface area contributed by atoms with Gasteiger partial charge in [-0.1, -0.05) is 70.6 Å². The monoisotopic (exact) mass is 308 g/mol. The highest BCUT2D eigenvalue weighted by atomic mass is 32.2. The highest BCUT2D eigenvalue weighted by Gasteiger charge is 2.19. The van der Waals surface area contributed by atoms with Crippen molar-refractivity contribution in [2.45, 2.75) is 77.1 Å². The molecule has 0 aliphatic carbocycles. The quantitative estimate of drug-likeness (QED) is 0.304. The van der Waals surface area contributed by atoms with E-state index in [1.165, 1.54) is 44.6 Å². The number of rotatable bonds is 12. The van der Waals surface area contributed by atoms with Crippen LogP contribution in [0.5, 0.6) is 0 Å². The van der Waals surface area contributed by atoms with Crippen molar-refractivity contribution in [3.05, 3.63) is 0 Å². The molecular weight excluding hydrogens is 276 g/mol. The van der Waals surface area contributed by atoms with E-state index in [0.29, 0.717) is 6.61 Å². The van der Waals surface area contributed by atoms with Crippen LogP contribution in [0.15, 0.2) is 0 Å². The summed E-state index contributed by atoms with van der Waals surface area (Å²) >= 11 is 0. The van der Waals surface area contributed by atoms with E-state index in [4.69, 9.17) is 4.18 Å². The maximum absolute atomic E-state index is 10.8. The molecule has 0 amide bonds. The molecule has 0 aliphatic heterocycles. The minimum Gasteiger partial charge on any atom is -0.270 e. The van der Waals surface area contributed by atoms with E-state index in [-0.39, 0.29) is 0 Å². The molecule has 5 heteroatoms.